The molecule has 0 saturated heterocycles. The summed E-state index contributed by atoms with van der Waals surface area (Å²) >= 11 is 3.43. The highest BCUT2D eigenvalue weighted by Crippen LogP contribution is 2.19. The molecule has 4 rings (SSSR count). The molecule has 0 aliphatic rings. The molecule has 0 aliphatic heterocycles. The summed E-state index contributed by atoms with van der Waals surface area (Å²) in [5.74, 6) is -0.565. The number of hydrogen-bond acceptors (Lipinski definition) is 5. The minimum Gasteiger partial charge on any atom is -0.365 e. The molecule has 0 aliphatic carbocycles. The summed E-state index contributed by atoms with van der Waals surface area (Å²) in [6.07, 6.45) is 4.20. The molecule has 0 spiro atoms. The van der Waals surface area contributed by atoms with Crippen LogP contribution in [0.25, 0.3) is 16.7 Å². The third-order valence-corrected chi connectivity index (χ3v) is 3.90. The zero-order valence-corrected chi connectivity index (χ0v) is 13.2. The summed E-state index contributed by atoms with van der Waals surface area (Å²) in [6.45, 7) is 0.349. The fraction of sp³-hybridized carbons (Fsp3) is 0.0714. The zero-order valence-electron chi connectivity index (χ0n) is 11.6. The Hall–Kier alpha value is -2.81. The van der Waals surface area contributed by atoms with Crippen LogP contribution in [0.3, 0.4) is 0 Å². The van der Waals surface area contributed by atoms with E-state index in [4.69, 9.17) is 5.73 Å². The first-order valence-corrected chi connectivity index (χ1v) is 7.45. The molecule has 1 amide bonds. The predicted octanol–water partition coefficient (Wildman–Crippen LogP) is 1.18. The normalized spacial score (nSPS) is 11.3. The average molecular weight is 371 g/mol. The van der Waals surface area contributed by atoms with Crippen molar-refractivity contribution in [3.63, 3.8) is 0 Å². The van der Waals surface area contributed by atoms with Crippen molar-refractivity contribution in [1.29, 1.82) is 0 Å². The summed E-state index contributed by atoms with van der Waals surface area (Å²) < 4.78 is 4.11. The number of carbonyl (C=O) groups excluding carboxylic acids is 1. The Labute approximate surface area is 138 Å². The number of primary amides is 1. The zero-order chi connectivity index (χ0) is 16.0. The van der Waals surface area contributed by atoms with Crippen LogP contribution in [0, 0.1) is 6.20 Å². The van der Waals surface area contributed by atoms with Crippen molar-refractivity contribution < 1.29 is 4.79 Å². The second-order valence-electron chi connectivity index (χ2n) is 4.93. The van der Waals surface area contributed by atoms with Gasteiger partial charge < -0.3 is 5.73 Å². The van der Waals surface area contributed by atoms with E-state index in [1.165, 1.54) is 4.52 Å². The van der Waals surface area contributed by atoms with Gasteiger partial charge in [-0.3, -0.25) is 4.79 Å². The smallest absolute Gasteiger partial charge is 0.252 e. The summed E-state index contributed by atoms with van der Waals surface area (Å²) in [5.41, 5.74) is 8.35. The number of benzene rings is 1. The molecule has 23 heavy (non-hydrogen) atoms. The van der Waals surface area contributed by atoms with Crippen LogP contribution in [-0.2, 0) is 6.54 Å². The van der Waals surface area contributed by atoms with Crippen LogP contribution in [-0.4, -0.2) is 35.5 Å². The van der Waals surface area contributed by atoms with E-state index in [0.29, 0.717) is 23.4 Å². The van der Waals surface area contributed by atoms with Crippen molar-refractivity contribution in [3.05, 3.63) is 52.4 Å². The molecule has 0 fully saturated rings. The molecule has 3 heterocycles. The van der Waals surface area contributed by atoms with E-state index >= 15 is 0 Å². The number of hydrogen-bond donors (Lipinski definition) is 1. The minimum absolute atomic E-state index is 0.293. The SMILES string of the molecule is NC(=O)c1cc(Cn2nnc3ccc(Br)cc32)nn2c[c]nc12. The number of amides is 1. The van der Waals surface area contributed by atoms with Crippen LogP contribution >= 0.6 is 15.9 Å². The standard InChI is InChI=1S/C14H9BrN7O/c15-8-1-2-11-12(5-8)22(20-18-11)7-9-6-10(13(16)23)14-17-3-4-21(14)19-9/h1-2,4-6H,7H2,(H2,16,23). The second-order valence-corrected chi connectivity index (χ2v) is 5.85. The third kappa shape index (κ3) is 2.34. The van der Waals surface area contributed by atoms with Crippen LogP contribution < -0.4 is 5.73 Å². The Balaban J connectivity index is 1.82. The maximum absolute atomic E-state index is 11.6. The van der Waals surface area contributed by atoms with Crippen molar-refractivity contribution >= 4 is 38.5 Å². The van der Waals surface area contributed by atoms with Crippen molar-refractivity contribution in [2.45, 2.75) is 6.54 Å². The van der Waals surface area contributed by atoms with Crippen LogP contribution in [0.4, 0.5) is 0 Å². The van der Waals surface area contributed by atoms with E-state index in [1.807, 2.05) is 18.2 Å². The molecule has 0 atom stereocenters. The number of rotatable bonds is 3. The van der Waals surface area contributed by atoms with Gasteiger partial charge in [0.1, 0.15) is 11.7 Å². The van der Waals surface area contributed by atoms with Gasteiger partial charge in [-0.05, 0) is 24.3 Å². The molecule has 8 nitrogen and oxygen atoms in total. The molecule has 9 heteroatoms. The Kier molecular flexibility index (Phi) is 3.08. The highest BCUT2D eigenvalue weighted by molar-refractivity contribution is 9.10. The van der Waals surface area contributed by atoms with Gasteiger partial charge in [0, 0.05) is 4.47 Å². The molecule has 0 bridgehead atoms. The van der Waals surface area contributed by atoms with Gasteiger partial charge in [0.25, 0.3) is 5.91 Å². The van der Waals surface area contributed by atoms with Crippen LogP contribution in [0.15, 0.2) is 34.9 Å². The minimum atomic E-state index is -0.565. The Bertz CT molecular complexity index is 1050. The monoisotopic (exact) mass is 370 g/mol. The molecule has 4 aromatic rings. The Morgan fingerprint density at radius 3 is 3.04 bits per heavy atom. The lowest BCUT2D eigenvalue weighted by molar-refractivity contribution is 0.100. The van der Waals surface area contributed by atoms with Gasteiger partial charge in [-0.1, -0.05) is 21.1 Å². The fourth-order valence-corrected chi connectivity index (χ4v) is 2.73. The van der Waals surface area contributed by atoms with Gasteiger partial charge in [0.15, 0.2) is 5.65 Å². The van der Waals surface area contributed by atoms with Gasteiger partial charge >= 0.3 is 0 Å². The third-order valence-electron chi connectivity index (χ3n) is 3.41. The lowest BCUT2D eigenvalue weighted by Gasteiger charge is -2.06. The van der Waals surface area contributed by atoms with Crippen LogP contribution in [0.5, 0.6) is 0 Å². The quantitative estimate of drug-likeness (QED) is 0.583. The van der Waals surface area contributed by atoms with E-state index in [-0.39, 0.29) is 0 Å². The fourth-order valence-electron chi connectivity index (χ4n) is 2.38. The first kappa shape index (κ1) is 13.8. The Morgan fingerprint density at radius 2 is 2.22 bits per heavy atom. The number of nitrogens with two attached hydrogens (primary N) is 1. The maximum Gasteiger partial charge on any atom is 0.252 e. The molecular formula is C14H9BrN7O. The topological polar surface area (TPSA) is 104 Å². The van der Waals surface area contributed by atoms with Gasteiger partial charge in [0.2, 0.25) is 0 Å². The number of aromatic nitrogens is 6. The van der Waals surface area contributed by atoms with Crippen molar-refractivity contribution in [2.75, 3.05) is 0 Å². The average Bonchev–Trinajstić information content (AvgIpc) is 3.13. The number of fused-ring (bicyclic) bond motifs is 2. The molecular weight excluding hydrogens is 362 g/mol. The highest BCUT2D eigenvalue weighted by atomic mass is 79.9. The van der Waals surface area contributed by atoms with E-state index in [1.54, 1.807) is 16.9 Å². The predicted molar refractivity (Wildman–Crippen MR) is 84.7 cm³/mol. The lowest BCUT2D eigenvalue weighted by Crippen LogP contribution is -2.16. The first-order valence-electron chi connectivity index (χ1n) is 6.66. The molecule has 3 aromatic heterocycles. The lowest BCUT2D eigenvalue weighted by atomic mass is 10.2. The van der Waals surface area contributed by atoms with E-state index in [9.17, 15) is 4.79 Å². The Morgan fingerprint density at radius 1 is 1.35 bits per heavy atom. The molecule has 0 unspecified atom stereocenters. The highest BCUT2D eigenvalue weighted by Gasteiger charge is 2.13. The number of nitrogens with zero attached hydrogens (tertiary/aromatic N) is 6. The van der Waals surface area contributed by atoms with E-state index in [0.717, 1.165) is 15.5 Å². The number of imidazole rings is 1. The largest absolute Gasteiger partial charge is 0.365 e. The summed E-state index contributed by atoms with van der Waals surface area (Å²) in [5, 5.41) is 12.6. The number of halogens is 1. The molecule has 0 saturated carbocycles. The molecule has 1 aromatic carbocycles. The molecule has 2 N–H and O–H groups in total. The van der Waals surface area contributed by atoms with Crippen LogP contribution in [0.1, 0.15) is 16.1 Å². The van der Waals surface area contributed by atoms with E-state index in [2.05, 4.69) is 42.5 Å². The maximum atomic E-state index is 11.6. The summed E-state index contributed by atoms with van der Waals surface area (Å²) in [6, 6.07) is 7.31. The van der Waals surface area contributed by atoms with Crippen LogP contribution in [0.2, 0.25) is 0 Å². The van der Waals surface area contributed by atoms with Gasteiger partial charge in [-0.2, -0.15) is 5.10 Å². The second kappa shape index (κ2) is 5.13. The summed E-state index contributed by atoms with van der Waals surface area (Å²) in [7, 11) is 0. The van der Waals surface area contributed by atoms with E-state index < -0.39 is 5.91 Å². The van der Waals surface area contributed by atoms with Gasteiger partial charge in [0.05, 0.1) is 29.5 Å². The summed E-state index contributed by atoms with van der Waals surface area (Å²) in [4.78, 5) is 15.6. The van der Waals surface area contributed by atoms with Crippen molar-refractivity contribution in [1.82, 2.24) is 29.6 Å². The molecule has 113 valence electrons. The van der Waals surface area contributed by atoms with Gasteiger partial charge in [-0.15, -0.1) is 5.10 Å². The van der Waals surface area contributed by atoms with Crippen molar-refractivity contribution in [3.8, 4) is 0 Å². The number of carbonyl (C=O) groups is 1. The van der Waals surface area contributed by atoms with Crippen molar-refractivity contribution in [2.24, 2.45) is 5.73 Å². The first-order chi connectivity index (χ1) is 11.1. The molecule has 1 radical (unpaired) electrons. The van der Waals surface area contributed by atoms with Gasteiger partial charge in [-0.25, -0.2) is 14.2 Å².